The van der Waals surface area contributed by atoms with E-state index in [0.29, 0.717) is 6.04 Å². The Kier molecular flexibility index (Phi) is 3.81. The lowest BCUT2D eigenvalue weighted by Gasteiger charge is -2.17. The standard InChI is InChI=1S/C12H15IN2O/c1-14-9-6-7-15(8-9)12(16)10-4-2-3-5-11(10)13/h2-5,9,14H,6-8H2,1H3. The fraction of sp³-hybridized carbons (Fsp3) is 0.417. The number of nitrogens with zero attached hydrogens (tertiary/aromatic N) is 1. The van der Waals surface area contributed by atoms with Crippen LogP contribution in [0.4, 0.5) is 0 Å². The second-order valence-electron chi connectivity index (χ2n) is 4.01. The summed E-state index contributed by atoms with van der Waals surface area (Å²) in [5, 5.41) is 3.22. The van der Waals surface area contributed by atoms with Crippen molar-refractivity contribution in [2.24, 2.45) is 0 Å². The predicted molar refractivity (Wildman–Crippen MR) is 72.5 cm³/mol. The zero-order chi connectivity index (χ0) is 11.5. The first-order valence-electron chi connectivity index (χ1n) is 5.43. The third kappa shape index (κ3) is 2.38. The average molecular weight is 330 g/mol. The van der Waals surface area contributed by atoms with E-state index in [0.717, 1.165) is 28.6 Å². The van der Waals surface area contributed by atoms with E-state index in [1.807, 2.05) is 36.2 Å². The molecule has 3 nitrogen and oxygen atoms in total. The van der Waals surface area contributed by atoms with Crippen LogP contribution in [0, 0.1) is 3.57 Å². The molecule has 0 radical (unpaired) electrons. The van der Waals surface area contributed by atoms with E-state index in [2.05, 4.69) is 27.9 Å². The Bertz CT molecular complexity index is 394. The van der Waals surface area contributed by atoms with Gasteiger partial charge in [-0.25, -0.2) is 0 Å². The van der Waals surface area contributed by atoms with Gasteiger partial charge < -0.3 is 10.2 Å². The van der Waals surface area contributed by atoms with Crippen LogP contribution in [0.3, 0.4) is 0 Å². The minimum Gasteiger partial charge on any atom is -0.337 e. The van der Waals surface area contributed by atoms with Crippen LogP contribution < -0.4 is 5.32 Å². The molecule has 0 aromatic heterocycles. The van der Waals surface area contributed by atoms with E-state index in [1.165, 1.54) is 0 Å². The fourth-order valence-corrected chi connectivity index (χ4v) is 2.60. The molecule has 1 heterocycles. The molecule has 1 aromatic rings. The van der Waals surface area contributed by atoms with Gasteiger partial charge in [-0.2, -0.15) is 0 Å². The van der Waals surface area contributed by atoms with Gasteiger partial charge in [0.05, 0.1) is 5.56 Å². The maximum atomic E-state index is 12.2. The highest BCUT2D eigenvalue weighted by atomic mass is 127. The number of hydrogen-bond acceptors (Lipinski definition) is 2. The molecular formula is C12H15IN2O. The second kappa shape index (κ2) is 5.14. The summed E-state index contributed by atoms with van der Waals surface area (Å²) >= 11 is 2.21. The van der Waals surface area contributed by atoms with Gasteiger partial charge in [0.2, 0.25) is 0 Å². The molecule has 1 aromatic carbocycles. The van der Waals surface area contributed by atoms with Crippen molar-refractivity contribution < 1.29 is 4.79 Å². The van der Waals surface area contributed by atoms with Crippen molar-refractivity contribution >= 4 is 28.5 Å². The van der Waals surface area contributed by atoms with Crippen molar-refractivity contribution in [2.45, 2.75) is 12.5 Å². The first-order chi connectivity index (χ1) is 7.72. The van der Waals surface area contributed by atoms with Crippen LogP contribution in [0.5, 0.6) is 0 Å². The lowest BCUT2D eigenvalue weighted by molar-refractivity contribution is 0.0788. The molecule has 0 aliphatic carbocycles. The molecule has 1 unspecified atom stereocenters. The van der Waals surface area contributed by atoms with E-state index >= 15 is 0 Å². The van der Waals surface area contributed by atoms with Crippen molar-refractivity contribution in [1.29, 1.82) is 0 Å². The zero-order valence-electron chi connectivity index (χ0n) is 9.24. The molecule has 0 bridgehead atoms. The van der Waals surface area contributed by atoms with E-state index in [-0.39, 0.29) is 5.91 Å². The van der Waals surface area contributed by atoms with Gasteiger partial charge in [-0.3, -0.25) is 4.79 Å². The Labute approximate surface area is 109 Å². The van der Waals surface area contributed by atoms with Crippen molar-refractivity contribution in [3.8, 4) is 0 Å². The summed E-state index contributed by atoms with van der Waals surface area (Å²) in [7, 11) is 1.95. The molecule has 1 N–H and O–H groups in total. The molecule has 1 fully saturated rings. The zero-order valence-corrected chi connectivity index (χ0v) is 11.4. The average Bonchev–Trinajstić information content (AvgIpc) is 2.77. The van der Waals surface area contributed by atoms with Gasteiger partial charge in [0, 0.05) is 22.7 Å². The minimum absolute atomic E-state index is 0.155. The lowest BCUT2D eigenvalue weighted by Crippen LogP contribution is -2.33. The number of likely N-dealkylation sites (tertiary alicyclic amines) is 1. The Morgan fingerprint density at radius 2 is 2.25 bits per heavy atom. The fourth-order valence-electron chi connectivity index (χ4n) is 1.99. The summed E-state index contributed by atoms with van der Waals surface area (Å²) in [5.74, 6) is 0.155. The molecular weight excluding hydrogens is 315 g/mol. The van der Waals surface area contributed by atoms with Crippen LogP contribution in [-0.4, -0.2) is 37.0 Å². The lowest BCUT2D eigenvalue weighted by atomic mass is 10.2. The van der Waals surface area contributed by atoms with Crippen molar-refractivity contribution in [1.82, 2.24) is 10.2 Å². The first kappa shape index (κ1) is 11.9. The molecule has 0 saturated carbocycles. The number of benzene rings is 1. The van der Waals surface area contributed by atoms with Gasteiger partial charge in [0.1, 0.15) is 0 Å². The van der Waals surface area contributed by atoms with Crippen LogP contribution in [0.1, 0.15) is 16.8 Å². The summed E-state index contributed by atoms with van der Waals surface area (Å²) in [6.07, 6.45) is 1.05. The number of rotatable bonds is 2. The first-order valence-corrected chi connectivity index (χ1v) is 6.51. The van der Waals surface area contributed by atoms with Gasteiger partial charge in [0.15, 0.2) is 0 Å². The molecule has 0 spiro atoms. The molecule has 4 heteroatoms. The van der Waals surface area contributed by atoms with Gasteiger partial charge in [-0.15, -0.1) is 0 Å². The molecule has 16 heavy (non-hydrogen) atoms. The summed E-state index contributed by atoms with van der Waals surface area (Å²) < 4.78 is 1.03. The van der Waals surface area contributed by atoms with Gasteiger partial charge in [0.25, 0.3) is 5.91 Å². The molecule has 86 valence electrons. The van der Waals surface area contributed by atoms with E-state index in [1.54, 1.807) is 0 Å². The number of amides is 1. The van der Waals surface area contributed by atoms with Crippen LogP contribution >= 0.6 is 22.6 Å². The Morgan fingerprint density at radius 1 is 1.50 bits per heavy atom. The van der Waals surface area contributed by atoms with Crippen molar-refractivity contribution in [3.63, 3.8) is 0 Å². The number of carbonyl (C=O) groups is 1. The Morgan fingerprint density at radius 3 is 2.88 bits per heavy atom. The molecule has 1 aliphatic rings. The molecule has 1 aliphatic heterocycles. The minimum atomic E-state index is 0.155. The highest BCUT2D eigenvalue weighted by Gasteiger charge is 2.26. The molecule has 1 atom stereocenters. The number of likely N-dealkylation sites (N-methyl/N-ethyl adjacent to an activating group) is 1. The summed E-state index contributed by atoms with van der Waals surface area (Å²) in [4.78, 5) is 14.2. The SMILES string of the molecule is CNC1CCN(C(=O)c2ccccc2I)C1. The normalized spacial score (nSPS) is 20.1. The number of carbonyl (C=O) groups excluding carboxylic acids is 1. The largest absolute Gasteiger partial charge is 0.337 e. The second-order valence-corrected chi connectivity index (χ2v) is 5.17. The highest BCUT2D eigenvalue weighted by Crippen LogP contribution is 2.17. The third-order valence-corrected chi connectivity index (χ3v) is 3.93. The number of halogens is 1. The van der Waals surface area contributed by atoms with Gasteiger partial charge >= 0.3 is 0 Å². The van der Waals surface area contributed by atoms with E-state index in [4.69, 9.17) is 0 Å². The Balaban J connectivity index is 2.12. The van der Waals surface area contributed by atoms with Crippen molar-refractivity contribution in [2.75, 3.05) is 20.1 Å². The number of hydrogen-bond donors (Lipinski definition) is 1. The third-order valence-electron chi connectivity index (χ3n) is 2.99. The number of nitrogens with one attached hydrogen (secondary N) is 1. The molecule has 1 saturated heterocycles. The van der Waals surface area contributed by atoms with Crippen molar-refractivity contribution in [3.05, 3.63) is 33.4 Å². The molecule has 2 rings (SSSR count). The topological polar surface area (TPSA) is 32.3 Å². The Hall–Kier alpha value is -0.620. The summed E-state index contributed by atoms with van der Waals surface area (Å²) in [5.41, 5.74) is 0.819. The monoisotopic (exact) mass is 330 g/mol. The maximum absolute atomic E-state index is 12.2. The van der Waals surface area contributed by atoms with Crippen LogP contribution in [0.25, 0.3) is 0 Å². The molecule has 1 amide bonds. The predicted octanol–water partition coefficient (Wildman–Crippen LogP) is 1.73. The maximum Gasteiger partial charge on any atom is 0.254 e. The van der Waals surface area contributed by atoms with Crippen LogP contribution in [0.15, 0.2) is 24.3 Å². The highest BCUT2D eigenvalue weighted by molar-refractivity contribution is 14.1. The van der Waals surface area contributed by atoms with Crippen LogP contribution in [0.2, 0.25) is 0 Å². The van der Waals surface area contributed by atoms with E-state index in [9.17, 15) is 4.79 Å². The summed E-state index contributed by atoms with van der Waals surface area (Å²) in [6.45, 7) is 1.68. The van der Waals surface area contributed by atoms with Crippen LogP contribution in [-0.2, 0) is 0 Å². The van der Waals surface area contributed by atoms with Gasteiger partial charge in [-0.05, 0) is 48.2 Å². The van der Waals surface area contributed by atoms with E-state index < -0.39 is 0 Å². The smallest absolute Gasteiger partial charge is 0.254 e. The summed E-state index contributed by atoms with van der Waals surface area (Å²) in [6, 6.07) is 8.20. The quantitative estimate of drug-likeness (QED) is 0.838. The van der Waals surface area contributed by atoms with Gasteiger partial charge in [-0.1, -0.05) is 12.1 Å².